The summed E-state index contributed by atoms with van der Waals surface area (Å²) in [5, 5.41) is 18.4. The monoisotopic (exact) mass is 284 g/mol. The lowest BCUT2D eigenvalue weighted by atomic mass is 10.1. The number of ether oxygens (including phenoxy) is 1. The highest BCUT2D eigenvalue weighted by molar-refractivity contribution is 6.32. The van der Waals surface area contributed by atoms with Gasteiger partial charge in [0.25, 0.3) is 0 Å². The van der Waals surface area contributed by atoms with E-state index in [1.807, 2.05) is 0 Å². The second-order valence-corrected chi connectivity index (χ2v) is 4.31. The summed E-state index contributed by atoms with van der Waals surface area (Å²) >= 11 is 5.81. The number of hydrogen-bond acceptors (Lipinski definition) is 4. The molecule has 0 fully saturated rings. The minimum absolute atomic E-state index is 0.00356. The number of aliphatic carboxylic acids is 1. The molecule has 0 spiro atoms. The van der Waals surface area contributed by atoms with Crippen LogP contribution < -0.4 is 0 Å². The smallest absolute Gasteiger partial charge is 0.334 e. The first kappa shape index (κ1) is 15.0. The van der Waals surface area contributed by atoms with Gasteiger partial charge in [0.1, 0.15) is 5.75 Å². The molecule has 0 unspecified atom stereocenters. The minimum atomic E-state index is -1.14. The van der Waals surface area contributed by atoms with Gasteiger partial charge >= 0.3 is 11.9 Å². The van der Waals surface area contributed by atoms with Crippen LogP contribution in [0.3, 0.4) is 0 Å². The van der Waals surface area contributed by atoms with Crippen LogP contribution in [0.15, 0.2) is 17.7 Å². The van der Waals surface area contributed by atoms with Crippen LogP contribution in [-0.4, -0.2) is 29.3 Å². The maximum absolute atomic E-state index is 11.5. The fourth-order valence-electron chi connectivity index (χ4n) is 1.52. The predicted molar refractivity (Wildman–Crippen MR) is 70.1 cm³/mol. The first-order valence-corrected chi connectivity index (χ1v) is 5.72. The van der Waals surface area contributed by atoms with Crippen molar-refractivity contribution in [3.63, 3.8) is 0 Å². The Kier molecular flexibility index (Phi) is 4.94. The number of carboxylic acids is 1. The zero-order valence-corrected chi connectivity index (χ0v) is 11.2. The van der Waals surface area contributed by atoms with Gasteiger partial charge in [0.05, 0.1) is 18.6 Å². The third kappa shape index (κ3) is 3.99. The molecule has 0 atom stereocenters. The van der Waals surface area contributed by atoms with Crippen molar-refractivity contribution in [3.05, 3.63) is 33.9 Å². The van der Waals surface area contributed by atoms with Crippen LogP contribution >= 0.6 is 11.6 Å². The number of hydrogen-bond donors (Lipinski definition) is 2. The highest BCUT2D eigenvalue weighted by Gasteiger charge is 2.14. The van der Waals surface area contributed by atoms with Crippen LogP contribution in [-0.2, 0) is 14.3 Å². The van der Waals surface area contributed by atoms with E-state index in [1.54, 1.807) is 13.0 Å². The molecule has 1 aromatic rings. The van der Waals surface area contributed by atoms with E-state index in [0.29, 0.717) is 11.1 Å². The fraction of sp³-hybridized carbons (Fsp3) is 0.231. The topological polar surface area (TPSA) is 83.8 Å². The lowest BCUT2D eigenvalue weighted by Gasteiger charge is -2.06. The molecule has 5 nitrogen and oxygen atoms in total. The van der Waals surface area contributed by atoms with Gasteiger partial charge in [0.2, 0.25) is 0 Å². The van der Waals surface area contributed by atoms with E-state index in [1.165, 1.54) is 19.3 Å². The van der Waals surface area contributed by atoms with Gasteiger partial charge in [-0.25, -0.2) is 4.79 Å². The quantitative estimate of drug-likeness (QED) is 0.655. The van der Waals surface area contributed by atoms with Crippen LogP contribution in [0.2, 0.25) is 5.02 Å². The maximum Gasteiger partial charge on any atom is 0.334 e. The number of phenolic OH excluding ortho intramolecular Hbond substituents is 1. The Balaban J connectivity index is 3.21. The first-order valence-electron chi connectivity index (χ1n) is 5.35. The summed E-state index contributed by atoms with van der Waals surface area (Å²) in [6.07, 6.45) is 0.919. The Morgan fingerprint density at radius 1 is 1.42 bits per heavy atom. The van der Waals surface area contributed by atoms with E-state index < -0.39 is 18.4 Å². The highest BCUT2D eigenvalue weighted by atomic mass is 35.5. The van der Waals surface area contributed by atoms with E-state index >= 15 is 0 Å². The summed E-state index contributed by atoms with van der Waals surface area (Å²) < 4.78 is 4.52. The molecule has 0 aromatic heterocycles. The summed E-state index contributed by atoms with van der Waals surface area (Å²) in [5.74, 6) is -1.90. The molecule has 2 N–H and O–H groups in total. The largest absolute Gasteiger partial charge is 0.506 e. The molecule has 0 aliphatic heterocycles. The van der Waals surface area contributed by atoms with Crippen LogP contribution in [0.4, 0.5) is 0 Å². The standard InChI is InChI=1S/C13H13ClO5/c1-7-3-8(5-10(14)12(7)17)4-9(6-11(15)16)13(18)19-2/h3-5,17H,6H2,1-2H3,(H,15,16). The summed E-state index contributed by atoms with van der Waals surface area (Å²) in [4.78, 5) is 22.1. The first-order chi connectivity index (χ1) is 8.85. The Labute approximate surface area is 115 Å². The second-order valence-electron chi connectivity index (χ2n) is 3.90. The van der Waals surface area contributed by atoms with E-state index in [9.17, 15) is 14.7 Å². The van der Waals surface area contributed by atoms with Crippen LogP contribution in [0, 0.1) is 6.92 Å². The molecule has 0 amide bonds. The molecule has 0 bridgehead atoms. The molecule has 102 valence electrons. The average Bonchev–Trinajstić information content (AvgIpc) is 2.33. The van der Waals surface area contributed by atoms with Crippen molar-refractivity contribution in [2.75, 3.05) is 7.11 Å². The van der Waals surface area contributed by atoms with E-state index in [4.69, 9.17) is 16.7 Å². The molecule has 0 heterocycles. The molecule has 0 aliphatic rings. The van der Waals surface area contributed by atoms with Gasteiger partial charge < -0.3 is 14.9 Å². The van der Waals surface area contributed by atoms with E-state index in [0.717, 1.165) is 0 Å². The van der Waals surface area contributed by atoms with Gasteiger partial charge in [-0.15, -0.1) is 0 Å². The average molecular weight is 285 g/mol. The van der Waals surface area contributed by atoms with Gasteiger partial charge in [-0.2, -0.15) is 0 Å². The van der Waals surface area contributed by atoms with Gasteiger partial charge in [-0.1, -0.05) is 11.6 Å². The number of aryl methyl sites for hydroxylation is 1. The SMILES string of the molecule is COC(=O)C(=Cc1cc(C)c(O)c(Cl)c1)CC(=O)O. The van der Waals surface area contributed by atoms with Gasteiger partial charge in [0, 0.05) is 5.57 Å². The summed E-state index contributed by atoms with van der Waals surface area (Å²) in [5.41, 5.74) is 1.04. The predicted octanol–water partition coefficient (Wildman–Crippen LogP) is 2.39. The zero-order chi connectivity index (χ0) is 14.6. The molecule has 1 rings (SSSR count). The lowest BCUT2D eigenvalue weighted by molar-refractivity contribution is -0.141. The highest BCUT2D eigenvalue weighted by Crippen LogP contribution is 2.29. The number of carboxylic acid groups (broad SMARTS) is 1. The number of carbonyl (C=O) groups is 2. The number of halogens is 1. The molecule has 0 aliphatic carbocycles. The normalized spacial score (nSPS) is 11.2. The maximum atomic E-state index is 11.5. The van der Waals surface area contributed by atoms with Crippen molar-refractivity contribution in [1.29, 1.82) is 0 Å². The Morgan fingerprint density at radius 3 is 2.53 bits per heavy atom. The Hall–Kier alpha value is -2.01. The van der Waals surface area contributed by atoms with Crippen LogP contribution in [0.5, 0.6) is 5.75 Å². The molecule has 6 heteroatoms. The number of benzene rings is 1. The van der Waals surface area contributed by atoms with E-state index in [2.05, 4.69) is 4.74 Å². The Bertz CT molecular complexity index is 525. The lowest BCUT2D eigenvalue weighted by Crippen LogP contribution is -2.09. The number of phenols is 1. The number of rotatable bonds is 4. The van der Waals surface area contributed by atoms with Crippen molar-refractivity contribution in [2.45, 2.75) is 13.3 Å². The van der Waals surface area contributed by atoms with Crippen molar-refractivity contribution in [3.8, 4) is 5.75 Å². The number of esters is 1. The zero-order valence-electron chi connectivity index (χ0n) is 10.4. The molecule has 0 radical (unpaired) electrons. The summed E-state index contributed by atoms with van der Waals surface area (Å²) in [6.45, 7) is 1.65. The van der Waals surface area contributed by atoms with E-state index in [-0.39, 0.29) is 16.3 Å². The van der Waals surface area contributed by atoms with Crippen LogP contribution in [0.25, 0.3) is 6.08 Å². The molecule has 1 aromatic carbocycles. The van der Waals surface area contributed by atoms with Crippen molar-refractivity contribution in [1.82, 2.24) is 0 Å². The second kappa shape index (κ2) is 6.24. The Morgan fingerprint density at radius 2 is 2.05 bits per heavy atom. The van der Waals surface area contributed by atoms with Crippen molar-refractivity contribution in [2.24, 2.45) is 0 Å². The van der Waals surface area contributed by atoms with Gasteiger partial charge in [-0.3, -0.25) is 4.79 Å². The van der Waals surface area contributed by atoms with Gasteiger partial charge in [-0.05, 0) is 36.3 Å². The fourth-order valence-corrected chi connectivity index (χ4v) is 1.80. The third-order valence-corrected chi connectivity index (χ3v) is 2.69. The number of carbonyl (C=O) groups excluding carboxylic acids is 1. The third-order valence-electron chi connectivity index (χ3n) is 2.41. The molecular formula is C13H13ClO5. The number of methoxy groups -OCH3 is 1. The molecule has 0 saturated carbocycles. The summed E-state index contributed by atoms with van der Waals surface area (Å²) in [7, 11) is 1.17. The van der Waals surface area contributed by atoms with Crippen molar-refractivity contribution < 1.29 is 24.5 Å². The van der Waals surface area contributed by atoms with Crippen LogP contribution in [0.1, 0.15) is 17.5 Å². The minimum Gasteiger partial charge on any atom is -0.506 e. The number of aromatic hydroxyl groups is 1. The molecule has 0 saturated heterocycles. The summed E-state index contributed by atoms with van der Waals surface area (Å²) in [6, 6.07) is 3.03. The molecule has 19 heavy (non-hydrogen) atoms. The van der Waals surface area contributed by atoms with Crippen molar-refractivity contribution >= 4 is 29.6 Å². The molecular weight excluding hydrogens is 272 g/mol. The van der Waals surface area contributed by atoms with Gasteiger partial charge in [0.15, 0.2) is 0 Å².